The first-order valence-electron chi connectivity index (χ1n) is 10.0. The third-order valence-corrected chi connectivity index (χ3v) is 5.56. The highest BCUT2D eigenvalue weighted by molar-refractivity contribution is 7.99. The first-order chi connectivity index (χ1) is 13.0. The van der Waals surface area contributed by atoms with Crippen molar-refractivity contribution >= 4 is 11.8 Å². The molecule has 0 saturated carbocycles. The second kappa shape index (κ2) is 11.4. The molecule has 2 unspecified atom stereocenters. The lowest BCUT2D eigenvalue weighted by Gasteiger charge is -2.24. The van der Waals surface area contributed by atoms with Gasteiger partial charge in [-0.1, -0.05) is 58.0 Å². The topological polar surface area (TPSA) is 18.5 Å². The summed E-state index contributed by atoms with van der Waals surface area (Å²) in [7, 11) is 0. The van der Waals surface area contributed by atoms with Crippen LogP contribution in [0.25, 0.3) is 0 Å². The van der Waals surface area contributed by atoms with E-state index in [9.17, 15) is 0 Å². The minimum absolute atomic E-state index is 0.246. The molecule has 148 valence electrons. The van der Waals surface area contributed by atoms with Crippen LogP contribution in [0.15, 0.2) is 59.5 Å². The fourth-order valence-corrected chi connectivity index (χ4v) is 3.98. The first-order valence-corrected chi connectivity index (χ1v) is 11.0. The lowest BCUT2D eigenvalue weighted by molar-refractivity contribution is -0.0602. The quantitative estimate of drug-likeness (QED) is 0.235. The SMILES string of the molecule is CC(C)CC(c1ccc(OC(C)OCCSc2ccccc2)cc1)C(C)C. The number of ether oxygens (including phenoxy) is 2. The summed E-state index contributed by atoms with van der Waals surface area (Å²) in [5.74, 6) is 3.73. The third kappa shape index (κ3) is 7.98. The molecular formula is C24H34O2S. The van der Waals surface area contributed by atoms with Gasteiger partial charge in [-0.25, -0.2) is 0 Å². The molecule has 0 aliphatic rings. The van der Waals surface area contributed by atoms with Crippen LogP contribution < -0.4 is 4.74 Å². The van der Waals surface area contributed by atoms with E-state index < -0.39 is 0 Å². The predicted molar refractivity (Wildman–Crippen MR) is 117 cm³/mol. The average Bonchev–Trinajstić information content (AvgIpc) is 2.64. The Morgan fingerprint density at radius 1 is 0.852 bits per heavy atom. The summed E-state index contributed by atoms with van der Waals surface area (Å²) >= 11 is 1.80. The van der Waals surface area contributed by atoms with Gasteiger partial charge >= 0.3 is 0 Å². The number of rotatable bonds is 11. The number of benzene rings is 2. The molecule has 2 aromatic rings. The number of hydrogen-bond acceptors (Lipinski definition) is 3. The van der Waals surface area contributed by atoms with Crippen molar-refractivity contribution in [1.29, 1.82) is 0 Å². The van der Waals surface area contributed by atoms with Crippen LogP contribution in [0.5, 0.6) is 5.75 Å². The van der Waals surface area contributed by atoms with Crippen LogP contribution in [-0.2, 0) is 4.74 Å². The summed E-state index contributed by atoms with van der Waals surface area (Å²) in [5.41, 5.74) is 1.40. The van der Waals surface area contributed by atoms with Gasteiger partial charge in [0.15, 0.2) is 6.29 Å². The van der Waals surface area contributed by atoms with Crippen LogP contribution in [0.2, 0.25) is 0 Å². The molecule has 0 aromatic heterocycles. The molecule has 0 heterocycles. The highest BCUT2D eigenvalue weighted by Crippen LogP contribution is 2.32. The molecule has 3 heteroatoms. The number of thioether (sulfide) groups is 1. The largest absolute Gasteiger partial charge is 0.465 e. The molecule has 0 saturated heterocycles. The van der Waals surface area contributed by atoms with Crippen molar-refractivity contribution in [2.75, 3.05) is 12.4 Å². The number of hydrogen-bond donors (Lipinski definition) is 0. The van der Waals surface area contributed by atoms with E-state index in [1.165, 1.54) is 16.9 Å². The van der Waals surface area contributed by atoms with Gasteiger partial charge in [0.05, 0.1) is 6.61 Å². The van der Waals surface area contributed by atoms with Crippen molar-refractivity contribution < 1.29 is 9.47 Å². The lowest BCUT2D eigenvalue weighted by Crippen LogP contribution is -2.18. The fourth-order valence-electron chi connectivity index (χ4n) is 3.21. The molecule has 0 aliphatic heterocycles. The van der Waals surface area contributed by atoms with Gasteiger partial charge in [0.25, 0.3) is 0 Å². The molecular weight excluding hydrogens is 352 g/mol. The van der Waals surface area contributed by atoms with Crippen molar-refractivity contribution in [1.82, 2.24) is 0 Å². The normalized spacial score (nSPS) is 13.7. The standard InChI is InChI=1S/C24H34O2S/c1-18(2)17-24(19(3)4)21-11-13-22(14-12-21)26-20(5)25-15-16-27-23-9-7-6-8-10-23/h6-14,18-20,24H,15-17H2,1-5H3. The van der Waals surface area contributed by atoms with Gasteiger partial charge in [-0.05, 0) is 60.9 Å². The Hall–Kier alpha value is -1.45. The van der Waals surface area contributed by atoms with E-state index in [0.29, 0.717) is 24.4 Å². The van der Waals surface area contributed by atoms with E-state index in [4.69, 9.17) is 9.47 Å². The smallest absolute Gasteiger partial charge is 0.197 e. The van der Waals surface area contributed by atoms with Crippen LogP contribution in [0.3, 0.4) is 0 Å². The van der Waals surface area contributed by atoms with E-state index in [1.54, 1.807) is 11.8 Å². The molecule has 0 N–H and O–H groups in total. The summed E-state index contributed by atoms with van der Waals surface area (Å²) in [6, 6.07) is 19.0. The van der Waals surface area contributed by atoms with Gasteiger partial charge in [-0.3, -0.25) is 0 Å². The molecule has 27 heavy (non-hydrogen) atoms. The molecule has 0 bridgehead atoms. The summed E-state index contributed by atoms with van der Waals surface area (Å²) in [6.45, 7) is 11.8. The zero-order valence-electron chi connectivity index (χ0n) is 17.4. The third-order valence-electron chi connectivity index (χ3n) is 4.59. The minimum atomic E-state index is -0.246. The van der Waals surface area contributed by atoms with Gasteiger partial charge < -0.3 is 9.47 Å². The summed E-state index contributed by atoms with van der Waals surface area (Å²) in [6.07, 6.45) is 0.972. The van der Waals surface area contributed by atoms with Crippen LogP contribution in [0, 0.1) is 11.8 Å². The van der Waals surface area contributed by atoms with E-state index >= 15 is 0 Å². The van der Waals surface area contributed by atoms with Crippen molar-refractivity contribution in [3.8, 4) is 5.75 Å². The highest BCUT2D eigenvalue weighted by atomic mass is 32.2. The van der Waals surface area contributed by atoms with E-state index in [1.807, 2.05) is 13.0 Å². The van der Waals surface area contributed by atoms with Crippen LogP contribution in [0.1, 0.15) is 52.5 Å². The monoisotopic (exact) mass is 386 g/mol. The maximum absolute atomic E-state index is 5.91. The average molecular weight is 387 g/mol. The second-order valence-corrected chi connectivity index (χ2v) is 8.94. The van der Waals surface area contributed by atoms with Crippen molar-refractivity contribution in [3.05, 3.63) is 60.2 Å². The Kier molecular flexibility index (Phi) is 9.23. The van der Waals surface area contributed by atoms with E-state index in [-0.39, 0.29) is 6.29 Å². The maximum Gasteiger partial charge on any atom is 0.197 e. The zero-order chi connectivity index (χ0) is 19.6. The molecule has 2 atom stereocenters. The predicted octanol–water partition coefficient (Wildman–Crippen LogP) is 7.01. The van der Waals surface area contributed by atoms with Gasteiger partial charge in [0.2, 0.25) is 0 Å². The maximum atomic E-state index is 5.91. The molecule has 0 aliphatic carbocycles. The van der Waals surface area contributed by atoms with Crippen molar-refractivity contribution in [3.63, 3.8) is 0 Å². The summed E-state index contributed by atoms with van der Waals surface area (Å²) < 4.78 is 11.7. The first kappa shape index (κ1) is 21.8. The molecule has 2 aromatic carbocycles. The summed E-state index contributed by atoms with van der Waals surface area (Å²) in [5, 5.41) is 0. The second-order valence-electron chi connectivity index (χ2n) is 7.77. The van der Waals surface area contributed by atoms with Crippen LogP contribution in [0.4, 0.5) is 0 Å². The van der Waals surface area contributed by atoms with Crippen LogP contribution in [-0.4, -0.2) is 18.6 Å². The van der Waals surface area contributed by atoms with Crippen molar-refractivity contribution in [2.45, 2.75) is 58.1 Å². The van der Waals surface area contributed by atoms with Gasteiger partial charge in [0, 0.05) is 10.6 Å². The summed E-state index contributed by atoms with van der Waals surface area (Å²) in [4.78, 5) is 1.27. The molecule has 0 spiro atoms. The van der Waals surface area contributed by atoms with Crippen molar-refractivity contribution in [2.24, 2.45) is 11.8 Å². The molecule has 0 amide bonds. The Labute approximate surface area is 169 Å². The van der Waals surface area contributed by atoms with Gasteiger partial charge in [-0.2, -0.15) is 0 Å². The fraction of sp³-hybridized carbons (Fsp3) is 0.500. The molecule has 2 rings (SSSR count). The van der Waals surface area contributed by atoms with E-state index in [2.05, 4.69) is 76.2 Å². The van der Waals surface area contributed by atoms with E-state index in [0.717, 1.165) is 11.5 Å². The zero-order valence-corrected chi connectivity index (χ0v) is 18.2. The van der Waals surface area contributed by atoms with Crippen LogP contribution >= 0.6 is 11.8 Å². The lowest BCUT2D eigenvalue weighted by atomic mass is 9.82. The van der Waals surface area contributed by atoms with Gasteiger partial charge in [-0.15, -0.1) is 11.8 Å². The Morgan fingerprint density at radius 3 is 2.11 bits per heavy atom. The molecule has 0 radical (unpaired) electrons. The Morgan fingerprint density at radius 2 is 1.52 bits per heavy atom. The van der Waals surface area contributed by atoms with Gasteiger partial charge in [0.1, 0.15) is 5.75 Å². The highest BCUT2D eigenvalue weighted by Gasteiger charge is 2.17. The minimum Gasteiger partial charge on any atom is -0.465 e. The molecule has 2 nitrogen and oxygen atoms in total. The molecule has 0 fully saturated rings. The Bertz CT molecular complexity index is 637. The Balaban J connectivity index is 1.77.